The van der Waals surface area contributed by atoms with Crippen LogP contribution in [0.15, 0.2) is 60.7 Å². The van der Waals surface area contributed by atoms with Crippen LogP contribution in [-0.4, -0.2) is 4.32 Å². The van der Waals surface area contributed by atoms with Crippen LogP contribution < -0.4 is 0 Å². The Morgan fingerprint density at radius 3 is 1.47 bits per heavy atom. The molecule has 2 aromatic carbocycles. The molecule has 3 rings (SSSR count). The summed E-state index contributed by atoms with van der Waals surface area (Å²) in [6.07, 6.45) is 1.16. The van der Waals surface area contributed by atoms with Gasteiger partial charge in [0, 0.05) is 9.74 Å². The normalized spacial score (nSPS) is 25.5. The van der Waals surface area contributed by atoms with E-state index in [1.807, 2.05) is 0 Å². The zero-order valence-electron chi connectivity index (χ0n) is 9.86. The molecule has 1 atom stereocenters. The monoisotopic (exact) mass is 286 g/mol. The zero-order valence-corrected chi connectivity index (χ0v) is 11.4. The number of hydrogen-bond donors (Lipinski definition) is 0. The molecule has 86 valence electrons. The highest BCUT2D eigenvalue weighted by atomic mass is 79.9. The van der Waals surface area contributed by atoms with E-state index in [2.05, 4.69) is 83.5 Å². The van der Waals surface area contributed by atoms with E-state index < -0.39 is 0 Å². The van der Waals surface area contributed by atoms with Crippen molar-refractivity contribution in [3.8, 4) is 0 Å². The fraction of sp³-hybridized carbons (Fsp3) is 0.250. The van der Waals surface area contributed by atoms with Gasteiger partial charge in [0.15, 0.2) is 0 Å². The molecule has 0 heterocycles. The summed E-state index contributed by atoms with van der Waals surface area (Å²) in [4.78, 5) is 0. The Kier molecular flexibility index (Phi) is 2.41. The number of hydrogen-bond acceptors (Lipinski definition) is 0. The number of benzene rings is 2. The predicted molar refractivity (Wildman–Crippen MR) is 75.6 cm³/mol. The second kappa shape index (κ2) is 3.71. The first-order valence-electron chi connectivity index (χ1n) is 5.97. The van der Waals surface area contributed by atoms with Crippen LogP contribution in [0.2, 0.25) is 0 Å². The van der Waals surface area contributed by atoms with Crippen molar-refractivity contribution < 1.29 is 0 Å². The van der Waals surface area contributed by atoms with Crippen LogP contribution >= 0.6 is 15.9 Å². The molecule has 0 aliphatic heterocycles. The number of halogens is 1. The molecule has 1 saturated carbocycles. The summed E-state index contributed by atoms with van der Waals surface area (Å²) in [5, 5.41) is 0. The van der Waals surface area contributed by atoms with Gasteiger partial charge in [-0.1, -0.05) is 76.6 Å². The average molecular weight is 287 g/mol. The molecule has 0 saturated heterocycles. The molecule has 0 spiro atoms. The predicted octanol–water partition coefficient (Wildman–Crippen LogP) is 4.53. The topological polar surface area (TPSA) is 0 Å². The maximum Gasteiger partial charge on any atom is 0.0379 e. The quantitative estimate of drug-likeness (QED) is 0.712. The van der Waals surface area contributed by atoms with Crippen molar-refractivity contribution in [3.63, 3.8) is 0 Å². The molecular weight excluding hydrogens is 272 g/mol. The Labute approximate surface area is 111 Å². The van der Waals surface area contributed by atoms with E-state index in [4.69, 9.17) is 0 Å². The zero-order chi connectivity index (χ0) is 11.9. The minimum absolute atomic E-state index is 0.148. The van der Waals surface area contributed by atoms with E-state index in [1.165, 1.54) is 11.1 Å². The lowest BCUT2D eigenvalue weighted by Crippen LogP contribution is -2.17. The van der Waals surface area contributed by atoms with Gasteiger partial charge < -0.3 is 0 Å². The highest BCUT2D eigenvalue weighted by molar-refractivity contribution is 9.10. The van der Waals surface area contributed by atoms with E-state index >= 15 is 0 Å². The minimum atomic E-state index is 0.148. The van der Waals surface area contributed by atoms with Crippen LogP contribution in [0.4, 0.5) is 0 Å². The first-order valence-corrected chi connectivity index (χ1v) is 6.76. The lowest BCUT2D eigenvalue weighted by Gasteiger charge is -2.20. The van der Waals surface area contributed by atoms with E-state index in [0.29, 0.717) is 0 Å². The molecule has 0 N–H and O–H groups in total. The molecule has 17 heavy (non-hydrogen) atoms. The van der Waals surface area contributed by atoms with Crippen molar-refractivity contribution in [2.24, 2.45) is 0 Å². The van der Waals surface area contributed by atoms with Gasteiger partial charge >= 0.3 is 0 Å². The van der Waals surface area contributed by atoms with Gasteiger partial charge in [-0.2, -0.15) is 0 Å². The summed E-state index contributed by atoms with van der Waals surface area (Å²) < 4.78 is 0.183. The Hall–Kier alpha value is -1.08. The van der Waals surface area contributed by atoms with Crippen LogP contribution in [0.25, 0.3) is 0 Å². The maximum atomic E-state index is 3.88. The minimum Gasteiger partial charge on any atom is -0.0842 e. The van der Waals surface area contributed by atoms with Crippen molar-refractivity contribution in [2.75, 3.05) is 0 Å². The van der Waals surface area contributed by atoms with E-state index in [-0.39, 0.29) is 9.74 Å². The van der Waals surface area contributed by atoms with Crippen molar-refractivity contribution in [1.82, 2.24) is 0 Å². The SMILES string of the molecule is CC1(Br)CC1(c1ccccc1)c1ccccc1. The van der Waals surface area contributed by atoms with Gasteiger partial charge in [-0.05, 0) is 24.5 Å². The maximum absolute atomic E-state index is 3.88. The fourth-order valence-corrected chi connectivity index (χ4v) is 3.75. The Morgan fingerprint density at radius 1 is 0.824 bits per heavy atom. The molecule has 0 radical (unpaired) electrons. The second-order valence-corrected chi connectivity index (χ2v) is 6.76. The lowest BCUT2D eigenvalue weighted by atomic mass is 9.86. The van der Waals surface area contributed by atoms with Crippen LogP contribution in [0.3, 0.4) is 0 Å². The fourth-order valence-electron chi connectivity index (χ4n) is 2.87. The third-order valence-electron chi connectivity index (χ3n) is 3.90. The van der Waals surface area contributed by atoms with E-state index in [1.54, 1.807) is 0 Å². The first-order chi connectivity index (χ1) is 8.17. The van der Waals surface area contributed by atoms with Gasteiger partial charge in [-0.25, -0.2) is 0 Å². The Morgan fingerprint density at radius 2 is 1.18 bits per heavy atom. The third kappa shape index (κ3) is 1.56. The van der Waals surface area contributed by atoms with Gasteiger partial charge in [0.2, 0.25) is 0 Å². The molecule has 1 unspecified atom stereocenters. The van der Waals surface area contributed by atoms with Gasteiger partial charge in [0.05, 0.1) is 0 Å². The second-order valence-electron chi connectivity index (χ2n) is 5.01. The molecule has 2 aromatic rings. The molecule has 0 bridgehead atoms. The molecule has 0 nitrogen and oxygen atoms in total. The third-order valence-corrected chi connectivity index (χ3v) is 4.85. The largest absolute Gasteiger partial charge is 0.0842 e. The summed E-state index contributed by atoms with van der Waals surface area (Å²) in [5.41, 5.74) is 2.96. The van der Waals surface area contributed by atoms with Crippen molar-refractivity contribution in [1.29, 1.82) is 0 Å². The first kappa shape index (κ1) is 11.0. The van der Waals surface area contributed by atoms with E-state index in [0.717, 1.165) is 6.42 Å². The van der Waals surface area contributed by atoms with Crippen LogP contribution in [0, 0.1) is 0 Å². The molecule has 0 amide bonds. The Bertz CT molecular complexity index is 474. The Balaban J connectivity index is 2.15. The summed E-state index contributed by atoms with van der Waals surface area (Å²) in [6, 6.07) is 21.6. The van der Waals surface area contributed by atoms with Crippen molar-refractivity contribution in [3.05, 3.63) is 71.8 Å². The molecule has 0 aromatic heterocycles. The smallest absolute Gasteiger partial charge is 0.0379 e. The standard InChI is InChI=1S/C16H15Br/c1-15(17)12-16(15,13-8-4-2-5-9-13)14-10-6-3-7-11-14/h2-11H,12H2,1H3. The van der Waals surface area contributed by atoms with Crippen LogP contribution in [-0.2, 0) is 5.41 Å². The molecular formula is C16H15Br. The van der Waals surface area contributed by atoms with Crippen LogP contribution in [0.5, 0.6) is 0 Å². The molecule has 1 heteroatoms. The van der Waals surface area contributed by atoms with Crippen LogP contribution in [0.1, 0.15) is 24.5 Å². The summed E-state index contributed by atoms with van der Waals surface area (Å²) in [5.74, 6) is 0. The highest BCUT2D eigenvalue weighted by Gasteiger charge is 2.64. The van der Waals surface area contributed by atoms with Gasteiger partial charge in [0.1, 0.15) is 0 Å². The number of alkyl halides is 1. The average Bonchev–Trinajstić information content (AvgIpc) is 2.96. The lowest BCUT2D eigenvalue weighted by molar-refractivity contribution is 0.788. The van der Waals surface area contributed by atoms with Gasteiger partial charge in [0.25, 0.3) is 0 Å². The van der Waals surface area contributed by atoms with Crippen molar-refractivity contribution >= 4 is 15.9 Å². The molecule has 1 fully saturated rings. The van der Waals surface area contributed by atoms with Crippen molar-refractivity contribution in [2.45, 2.75) is 23.1 Å². The molecule has 1 aliphatic carbocycles. The summed E-state index contributed by atoms with van der Waals surface area (Å²) >= 11 is 3.88. The van der Waals surface area contributed by atoms with Gasteiger partial charge in [-0.15, -0.1) is 0 Å². The van der Waals surface area contributed by atoms with E-state index in [9.17, 15) is 0 Å². The molecule has 1 aliphatic rings. The number of rotatable bonds is 2. The highest BCUT2D eigenvalue weighted by Crippen LogP contribution is 2.66. The summed E-state index contributed by atoms with van der Waals surface area (Å²) in [7, 11) is 0. The summed E-state index contributed by atoms with van der Waals surface area (Å²) in [6.45, 7) is 2.28. The van der Waals surface area contributed by atoms with Gasteiger partial charge in [-0.3, -0.25) is 0 Å².